The normalized spacial score (nSPS) is 10.9. The van der Waals surface area contributed by atoms with Gasteiger partial charge in [0.1, 0.15) is 5.69 Å². The molecule has 0 spiro atoms. The molecule has 6 heteroatoms. The number of hydrogen-bond donors (Lipinski definition) is 1. The summed E-state index contributed by atoms with van der Waals surface area (Å²) in [6.07, 6.45) is 1.72. The third-order valence-electron chi connectivity index (χ3n) is 2.30. The Balaban J connectivity index is 2.64. The average molecular weight is 209 g/mol. The zero-order valence-electron chi connectivity index (χ0n) is 8.82. The van der Waals surface area contributed by atoms with Crippen LogP contribution in [-0.4, -0.2) is 19.6 Å². The number of nitrogens with two attached hydrogens (primary N) is 1. The lowest BCUT2D eigenvalue weighted by atomic mass is 10.2. The minimum Gasteiger partial charge on any atom is -0.381 e. The highest BCUT2D eigenvalue weighted by Gasteiger charge is 2.18. The summed E-state index contributed by atoms with van der Waals surface area (Å²) in [7, 11) is 3.38. The van der Waals surface area contributed by atoms with E-state index >= 15 is 0 Å². The van der Waals surface area contributed by atoms with Crippen molar-refractivity contribution in [2.24, 2.45) is 14.1 Å². The van der Waals surface area contributed by atoms with Crippen LogP contribution in [0.25, 0.3) is 11.3 Å². The van der Waals surface area contributed by atoms with Crippen LogP contribution in [-0.2, 0) is 14.1 Å². The van der Waals surface area contributed by atoms with Gasteiger partial charge in [-0.05, 0) is 6.92 Å². The second-order valence-electron chi connectivity index (χ2n) is 3.47. The molecule has 0 aliphatic heterocycles. The molecule has 0 saturated carbocycles. The fourth-order valence-electron chi connectivity index (χ4n) is 1.52. The highest BCUT2D eigenvalue weighted by atomic mass is 19.1. The fourth-order valence-corrected chi connectivity index (χ4v) is 1.52. The van der Waals surface area contributed by atoms with Gasteiger partial charge in [-0.1, -0.05) is 0 Å². The highest BCUT2D eigenvalue weighted by molar-refractivity contribution is 5.64. The van der Waals surface area contributed by atoms with Crippen LogP contribution in [0.3, 0.4) is 0 Å². The molecule has 2 aromatic heterocycles. The van der Waals surface area contributed by atoms with Gasteiger partial charge in [-0.25, -0.2) is 9.07 Å². The summed E-state index contributed by atoms with van der Waals surface area (Å²) >= 11 is 0. The Morgan fingerprint density at radius 3 is 2.40 bits per heavy atom. The van der Waals surface area contributed by atoms with Crippen molar-refractivity contribution in [3.05, 3.63) is 17.7 Å². The van der Waals surface area contributed by atoms with Crippen LogP contribution >= 0.6 is 0 Å². The molecule has 2 N–H and O–H groups in total. The molecule has 0 saturated heterocycles. The number of hydrogen-bond acceptors (Lipinski definition) is 3. The van der Waals surface area contributed by atoms with Crippen molar-refractivity contribution in [2.45, 2.75) is 6.92 Å². The minimum atomic E-state index is -0.492. The molecule has 2 rings (SSSR count). The monoisotopic (exact) mass is 209 g/mol. The third-order valence-corrected chi connectivity index (χ3v) is 2.30. The minimum absolute atomic E-state index is 0.0354. The lowest BCUT2D eigenvalue weighted by molar-refractivity contribution is 0.633. The molecule has 0 aromatic carbocycles. The SMILES string of the molecule is Cc1nn(C)cc1-c1nn(C)c(N)c1F. The van der Waals surface area contributed by atoms with Gasteiger partial charge in [-0.2, -0.15) is 10.2 Å². The third kappa shape index (κ3) is 1.38. The summed E-state index contributed by atoms with van der Waals surface area (Å²) in [6, 6.07) is 0. The van der Waals surface area contributed by atoms with E-state index in [9.17, 15) is 4.39 Å². The van der Waals surface area contributed by atoms with E-state index in [0.717, 1.165) is 5.69 Å². The maximum Gasteiger partial charge on any atom is 0.192 e. The van der Waals surface area contributed by atoms with Gasteiger partial charge in [0.15, 0.2) is 11.6 Å². The molecular weight excluding hydrogens is 197 g/mol. The van der Waals surface area contributed by atoms with Gasteiger partial charge >= 0.3 is 0 Å². The molecular formula is C9H12FN5. The molecule has 0 fully saturated rings. The van der Waals surface area contributed by atoms with E-state index in [4.69, 9.17) is 5.73 Å². The second kappa shape index (κ2) is 3.08. The van der Waals surface area contributed by atoms with Crippen molar-refractivity contribution in [1.82, 2.24) is 19.6 Å². The van der Waals surface area contributed by atoms with Gasteiger partial charge in [-0.3, -0.25) is 4.68 Å². The molecule has 0 amide bonds. The Bertz CT molecular complexity index is 511. The number of halogens is 1. The average Bonchev–Trinajstić information content (AvgIpc) is 2.61. The lowest BCUT2D eigenvalue weighted by Crippen LogP contribution is -1.97. The first-order chi connectivity index (χ1) is 7.00. The Morgan fingerprint density at radius 1 is 1.33 bits per heavy atom. The topological polar surface area (TPSA) is 61.7 Å². The van der Waals surface area contributed by atoms with Gasteiger partial charge in [0.25, 0.3) is 0 Å². The Morgan fingerprint density at radius 2 is 2.00 bits per heavy atom. The summed E-state index contributed by atoms with van der Waals surface area (Å²) in [5.41, 5.74) is 7.15. The van der Waals surface area contributed by atoms with E-state index in [-0.39, 0.29) is 11.5 Å². The summed E-state index contributed by atoms with van der Waals surface area (Å²) in [5, 5.41) is 8.14. The largest absolute Gasteiger partial charge is 0.381 e. The molecule has 0 bridgehead atoms. The summed E-state index contributed by atoms with van der Waals surface area (Å²) in [5.74, 6) is -0.457. The van der Waals surface area contributed by atoms with Crippen LogP contribution in [0.5, 0.6) is 0 Å². The first-order valence-electron chi connectivity index (χ1n) is 4.49. The molecule has 0 aliphatic carbocycles. The van der Waals surface area contributed by atoms with Crippen molar-refractivity contribution >= 4 is 5.82 Å². The summed E-state index contributed by atoms with van der Waals surface area (Å²) < 4.78 is 16.6. The number of aryl methyl sites for hydroxylation is 3. The molecule has 15 heavy (non-hydrogen) atoms. The highest BCUT2D eigenvalue weighted by Crippen LogP contribution is 2.26. The molecule has 80 valence electrons. The summed E-state index contributed by atoms with van der Waals surface area (Å²) in [4.78, 5) is 0. The zero-order chi connectivity index (χ0) is 11.2. The van der Waals surface area contributed by atoms with Gasteiger partial charge in [-0.15, -0.1) is 0 Å². The molecule has 0 radical (unpaired) electrons. The van der Waals surface area contributed by atoms with Crippen molar-refractivity contribution in [3.8, 4) is 11.3 Å². The second-order valence-corrected chi connectivity index (χ2v) is 3.47. The fraction of sp³-hybridized carbons (Fsp3) is 0.333. The maximum atomic E-state index is 13.7. The van der Waals surface area contributed by atoms with Crippen LogP contribution in [0.1, 0.15) is 5.69 Å². The molecule has 0 aliphatic rings. The van der Waals surface area contributed by atoms with Crippen molar-refractivity contribution < 1.29 is 4.39 Å². The van der Waals surface area contributed by atoms with Gasteiger partial charge < -0.3 is 5.73 Å². The first kappa shape index (κ1) is 9.70. The van der Waals surface area contributed by atoms with E-state index < -0.39 is 5.82 Å². The van der Waals surface area contributed by atoms with Gasteiger partial charge in [0.05, 0.1) is 5.69 Å². The molecule has 2 heterocycles. The number of anilines is 1. The molecule has 0 unspecified atom stereocenters. The van der Waals surface area contributed by atoms with Crippen LogP contribution in [0.4, 0.5) is 10.2 Å². The van der Waals surface area contributed by atoms with Crippen LogP contribution in [0.2, 0.25) is 0 Å². The first-order valence-corrected chi connectivity index (χ1v) is 4.49. The van der Waals surface area contributed by atoms with Crippen LogP contribution in [0, 0.1) is 12.7 Å². The van der Waals surface area contributed by atoms with Crippen LogP contribution < -0.4 is 5.73 Å². The number of rotatable bonds is 1. The number of aromatic nitrogens is 4. The summed E-state index contributed by atoms with van der Waals surface area (Å²) in [6.45, 7) is 1.81. The van der Waals surface area contributed by atoms with E-state index in [1.165, 1.54) is 4.68 Å². The number of nitrogens with zero attached hydrogens (tertiary/aromatic N) is 4. The maximum absolute atomic E-state index is 13.7. The van der Waals surface area contributed by atoms with Crippen molar-refractivity contribution in [2.75, 3.05) is 5.73 Å². The lowest BCUT2D eigenvalue weighted by Gasteiger charge is -1.91. The van der Waals surface area contributed by atoms with E-state index in [1.807, 2.05) is 0 Å². The molecule has 2 aromatic rings. The van der Waals surface area contributed by atoms with Crippen LogP contribution in [0.15, 0.2) is 6.20 Å². The zero-order valence-corrected chi connectivity index (χ0v) is 8.82. The van der Waals surface area contributed by atoms with Gasteiger partial charge in [0.2, 0.25) is 0 Å². The quantitative estimate of drug-likeness (QED) is 0.757. The Kier molecular flexibility index (Phi) is 1.99. The smallest absolute Gasteiger partial charge is 0.192 e. The predicted molar refractivity (Wildman–Crippen MR) is 54.5 cm³/mol. The Hall–Kier alpha value is -1.85. The predicted octanol–water partition coefficient (Wildman–Crippen LogP) is 0.850. The molecule has 0 atom stereocenters. The van der Waals surface area contributed by atoms with E-state index in [0.29, 0.717) is 5.56 Å². The van der Waals surface area contributed by atoms with E-state index in [2.05, 4.69) is 10.2 Å². The molecule has 5 nitrogen and oxygen atoms in total. The number of nitrogen functional groups attached to an aromatic ring is 1. The van der Waals surface area contributed by atoms with Gasteiger partial charge in [0, 0.05) is 25.9 Å². The van der Waals surface area contributed by atoms with E-state index in [1.54, 1.807) is 31.9 Å². The van der Waals surface area contributed by atoms with Crippen molar-refractivity contribution in [1.29, 1.82) is 0 Å². The van der Waals surface area contributed by atoms with Crippen molar-refractivity contribution in [3.63, 3.8) is 0 Å². The Labute approximate surface area is 86.3 Å². The standard InChI is InChI=1S/C9H12FN5/c1-5-6(4-14(2)12-5)8-7(10)9(11)15(3)13-8/h4H,11H2,1-3H3.